The molecule has 0 bridgehead atoms. The van der Waals surface area contributed by atoms with Crippen molar-refractivity contribution >= 4 is 68.9 Å². The van der Waals surface area contributed by atoms with Gasteiger partial charge in [-0.1, -0.05) is 116 Å². The summed E-state index contributed by atoms with van der Waals surface area (Å²) in [4.78, 5) is 0. The molecule has 0 aliphatic carbocycles. The van der Waals surface area contributed by atoms with Crippen LogP contribution < -0.4 is 21.0 Å². The number of benzene rings is 2. The van der Waals surface area contributed by atoms with Gasteiger partial charge in [0.1, 0.15) is 0 Å². The van der Waals surface area contributed by atoms with Crippen molar-refractivity contribution in [1.82, 2.24) is 0 Å². The molecule has 0 aromatic heterocycles. The summed E-state index contributed by atoms with van der Waals surface area (Å²) in [7, 11) is -3.63. The summed E-state index contributed by atoms with van der Waals surface area (Å²) in [6.07, 6.45) is 0. The van der Waals surface area contributed by atoms with E-state index in [4.69, 9.17) is 0 Å². The van der Waals surface area contributed by atoms with E-state index in [-0.39, 0.29) is 73.7 Å². The van der Waals surface area contributed by atoms with E-state index >= 15 is 0 Å². The van der Waals surface area contributed by atoms with Crippen LogP contribution in [0.25, 0.3) is 0 Å². The van der Waals surface area contributed by atoms with E-state index in [9.17, 15) is 0 Å². The predicted octanol–water partition coefficient (Wildman–Crippen LogP) is 11.0. The average Bonchev–Trinajstić information content (AvgIpc) is 3.26. The first-order chi connectivity index (χ1) is 21.7. The fourth-order valence-corrected chi connectivity index (χ4v) is 23.5. The third-order valence-corrected chi connectivity index (χ3v) is 23.8. The Morgan fingerprint density at radius 2 is 0.720 bits per heavy atom. The fourth-order valence-electron chi connectivity index (χ4n) is 6.45. The Labute approximate surface area is 377 Å². The molecular weight excluding hydrogens is 1030 g/mol. The van der Waals surface area contributed by atoms with E-state index in [0.29, 0.717) is 16.3 Å². The van der Waals surface area contributed by atoms with Gasteiger partial charge in [0, 0.05) is 81.5 Å². The number of rotatable bonds is 6. The van der Waals surface area contributed by atoms with Gasteiger partial charge < -0.3 is 40.5 Å². The van der Waals surface area contributed by atoms with Crippen molar-refractivity contribution in [2.75, 3.05) is 0 Å². The third-order valence-electron chi connectivity index (χ3n) is 8.82. The summed E-state index contributed by atoms with van der Waals surface area (Å²) in [5.41, 5.74) is 12.3. The molecule has 4 rings (SSSR count). The molecule has 2 radical (unpaired) electrons. The smallest absolute Gasteiger partial charge is 0.198 e. The van der Waals surface area contributed by atoms with Gasteiger partial charge >= 0.3 is 0 Å². The minimum atomic E-state index is -1.34. The van der Waals surface area contributed by atoms with Gasteiger partial charge in [0.25, 0.3) is 0 Å². The van der Waals surface area contributed by atoms with Gasteiger partial charge in [-0.15, -0.1) is 21.3 Å². The maximum atomic E-state index is 3.91. The van der Waals surface area contributed by atoms with Crippen LogP contribution in [0.3, 0.4) is 0 Å². The number of hydrogen-bond acceptors (Lipinski definition) is 0. The van der Waals surface area contributed by atoms with Crippen LogP contribution in [0.1, 0.15) is 44.5 Å². The van der Waals surface area contributed by atoms with Crippen molar-refractivity contribution in [3.05, 3.63) is 118 Å². The Balaban J connectivity index is 0. The van der Waals surface area contributed by atoms with Crippen molar-refractivity contribution < 1.29 is 73.7 Å². The Bertz CT molecular complexity index is 1390. The first kappa shape index (κ1) is 53.4. The monoisotopic (exact) mass is 1100 g/mol. The van der Waals surface area contributed by atoms with E-state index in [0.717, 1.165) is 0 Å². The zero-order valence-electron chi connectivity index (χ0n) is 34.9. The average molecular weight is 1100 g/mol. The quantitative estimate of drug-likeness (QED) is 0.103. The molecule has 302 valence electrons. The van der Waals surface area contributed by atoms with E-state index in [2.05, 4.69) is 195 Å². The van der Waals surface area contributed by atoms with Gasteiger partial charge in [-0.05, 0) is 53.6 Å². The summed E-state index contributed by atoms with van der Waals surface area (Å²) >= 11 is 0. The maximum absolute atomic E-state index is 3.91. The summed E-state index contributed by atoms with van der Waals surface area (Å²) in [5, 5.41) is 6.58. The second-order valence-electron chi connectivity index (χ2n) is 17.4. The van der Waals surface area contributed by atoms with Crippen molar-refractivity contribution in [2.24, 2.45) is 0 Å². The summed E-state index contributed by atoms with van der Waals surface area (Å²) in [5.74, 6) is 0. The molecule has 0 nitrogen and oxygen atoms in total. The van der Waals surface area contributed by atoms with E-state index < -0.39 is 31.6 Å². The molecule has 0 amide bonds. The first-order valence-corrected chi connectivity index (χ1v) is 35.9. The number of hydrogen-bond donors (Lipinski definition) is 0. The van der Waals surface area contributed by atoms with E-state index in [1.165, 1.54) is 22.3 Å². The SMILES string of the molecule is C[c-]1[c-](C)[c-](C)[c-]([Si](C)(C)[PH2+]c2ccccc2)[c-]1C.Cc1c(C)c(C)[c-]([Si](C)(C)[PH2+]c2ccccc2)c1C.[CH2-][Si](C)(C)C.[CH2-][Si](C)(C)C.[Lu].[Lu]. The molecule has 0 aliphatic rings. The van der Waals surface area contributed by atoms with Gasteiger partial charge in [0.05, 0.1) is 10.6 Å². The normalized spacial score (nSPS) is 11.9. The molecule has 0 fully saturated rings. The van der Waals surface area contributed by atoms with Crippen LogP contribution in [-0.4, -0.2) is 31.6 Å². The second kappa shape index (κ2) is 22.8. The Kier molecular flexibility index (Phi) is 24.3. The van der Waals surface area contributed by atoms with E-state index in [1.54, 1.807) is 43.2 Å². The molecule has 8 heteroatoms. The molecular formula is C42H72Lu2P2Si4-6. The molecule has 4 aromatic carbocycles. The van der Waals surface area contributed by atoms with Crippen LogP contribution in [-0.2, 0) is 0 Å². The summed E-state index contributed by atoms with van der Waals surface area (Å²) in [6, 6.07) is 22.1. The van der Waals surface area contributed by atoms with Gasteiger partial charge in [0.15, 0.2) is 7.74 Å². The summed E-state index contributed by atoms with van der Waals surface area (Å²) in [6.45, 7) is 49.7. The Morgan fingerprint density at radius 3 is 1.00 bits per heavy atom. The fraction of sp³-hybridized carbons (Fsp3) is 0.429. The van der Waals surface area contributed by atoms with Crippen LogP contribution in [0.4, 0.5) is 0 Å². The predicted molar refractivity (Wildman–Crippen MR) is 245 cm³/mol. The molecule has 0 aliphatic heterocycles. The van der Waals surface area contributed by atoms with Crippen molar-refractivity contribution in [3.8, 4) is 0 Å². The van der Waals surface area contributed by atoms with Gasteiger partial charge in [-0.3, -0.25) is 0 Å². The molecule has 0 spiro atoms. The standard InChI is InChI=1S/2C17H24PSi.2C4H11Si.2Lu/c2*1-12-13(2)15(4)17(14(12)3)19(5,6)18-16-10-8-7-9-11-16;2*1-5(2,3)4;;/h2*7-11,18H,1-6H3;2*1H2,2-4H3;;/q-5;3*-1;;/p+2. The molecule has 0 heterocycles. The van der Waals surface area contributed by atoms with Crippen molar-refractivity contribution in [2.45, 2.75) is 121 Å². The Hall–Kier alpha value is 1.34. The van der Waals surface area contributed by atoms with Crippen molar-refractivity contribution in [1.29, 1.82) is 0 Å². The largest absolute Gasteiger partial charge is 0.731 e. The van der Waals surface area contributed by atoms with E-state index in [1.807, 2.05) is 0 Å². The van der Waals surface area contributed by atoms with Gasteiger partial charge in [-0.2, -0.15) is 22.3 Å². The minimum absolute atomic E-state index is 0. The van der Waals surface area contributed by atoms with Crippen molar-refractivity contribution in [3.63, 3.8) is 0 Å². The second-order valence-corrected chi connectivity index (χ2v) is 47.9. The van der Waals surface area contributed by atoms with Crippen LogP contribution in [0.5, 0.6) is 0 Å². The molecule has 50 heavy (non-hydrogen) atoms. The zero-order valence-corrected chi connectivity index (χ0v) is 44.5. The Morgan fingerprint density at radius 1 is 0.460 bits per heavy atom. The van der Waals surface area contributed by atoms with Crippen LogP contribution in [0, 0.1) is 142 Å². The minimum Gasteiger partial charge on any atom is -0.731 e. The van der Waals surface area contributed by atoms with Gasteiger partial charge in [-0.25, -0.2) is 27.7 Å². The molecule has 2 atom stereocenters. The third kappa shape index (κ3) is 18.3. The molecule has 0 saturated heterocycles. The first-order valence-electron chi connectivity index (χ1n) is 17.7. The van der Waals surface area contributed by atoms with Crippen LogP contribution in [0.2, 0.25) is 65.5 Å². The van der Waals surface area contributed by atoms with Crippen LogP contribution >= 0.6 is 16.3 Å². The van der Waals surface area contributed by atoms with Crippen LogP contribution in [0.15, 0.2) is 60.7 Å². The summed E-state index contributed by atoms with van der Waals surface area (Å²) < 4.78 is 0. The molecule has 2 unspecified atom stereocenters. The zero-order chi connectivity index (χ0) is 37.4. The maximum Gasteiger partial charge on any atom is 0.198 e. The topological polar surface area (TPSA) is 0 Å². The molecule has 0 N–H and O–H groups in total. The molecule has 0 saturated carbocycles. The van der Waals surface area contributed by atoms with Gasteiger partial charge in [0.2, 0.25) is 0 Å². The molecule has 4 aromatic rings.